The molecule has 98 valence electrons. The molecule has 1 aliphatic rings. The fourth-order valence-corrected chi connectivity index (χ4v) is 2.01. The molecule has 5 nitrogen and oxygen atoms in total. The van der Waals surface area contributed by atoms with Gasteiger partial charge >= 0.3 is 5.97 Å². The van der Waals surface area contributed by atoms with Crippen molar-refractivity contribution in [3.05, 3.63) is 35.0 Å². The molecule has 7 heteroatoms. The van der Waals surface area contributed by atoms with E-state index in [2.05, 4.69) is 5.16 Å². The van der Waals surface area contributed by atoms with Crippen molar-refractivity contribution in [2.75, 3.05) is 6.61 Å². The Morgan fingerprint density at radius 3 is 2.79 bits per heavy atom. The average molecular weight is 267 g/mol. The molecule has 2 aromatic rings. The summed E-state index contributed by atoms with van der Waals surface area (Å²) < 4.78 is 37.4. The molecule has 1 aromatic heterocycles. The van der Waals surface area contributed by atoms with Crippen LogP contribution < -0.4 is 4.74 Å². The number of hydrogen-bond donors (Lipinski definition) is 1. The van der Waals surface area contributed by atoms with Crippen LogP contribution in [0.1, 0.15) is 16.1 Å². The lowest BCUT2D eigenvalue weighted by molar-refractivity contribution is 0.0686. The van der Waals surface area contributed by atoms with Gasteiger partial charge in [0.1, 0.15) is 17.4 Å². The molecule has 0 aliphatic carbocycles. The first-order valence-electron chi connectivity index (χ1n) is 5.42. The second-order valence-corrected chi connectivity index (χ2v) is 4.00. The van der Waals surface area contributed by atoms with Gasteiger partial charge in [-0.25, -0.2) is 13.6 Å². The minimum atomic E-state index is -1.30. The monoisotopic (exact) mass is 267 g/mol. The molecule has 1 aliphatic heterocycles. The third-order valence-corrected chi connectivity index (χ3v) is 2.86. The van der Waals surface area contributed by atoms with E-state index in [1.807, 2.05) is 0 Å². The largest absolute Gasteiger partial charge is 0.492 e. The summed E-state index contributed by atoms with van der Waals surface area (Å²) in [7, 11) is 0. The maximum Gasteiger partial charge on any atom is 0.358 e. The SMILES string of the molecule is O=C(O)c1cc(-c2c(F)cc(F)c3c2OCC3)on1. The van der Waals surface area contributed by atoms with E-state index >= 15 is 0 Å². The van der Waals surface area contributed by atoms with Crippen LogP contribution in [0.3, 0.4) is 0 Å². The Bertz CT molecular complexity index is 681. The van der Waals surface area contributed by atoms with E-state index in [4.69, 9.17) is 14.4 Å². The number of fused-ring (bicyclic) bond motifs is 1. The van der Waals surface area contributed by atoms with Gasteiger partial charge in [0.25, 0.3) is 0 Å². The minimum Gasteiger partial charge on any atom is -0.492 e. The van der Waals surface area contributed by atoms with Gasteiger partial charge in [0.2, 0.25) is 0 Å². The molecule has 2 heterocycles. The number of aromatic carboxylic acids is 1. The number of hydrogen-bond acceptors (Lipinski definition) is 4. The van der Waals surface area contributed by atoms with Crippen LogP contribution >= 0.6 is 0 Å². The number of halogens is 2. The zero-order valence-corrected chi connectivity index (χ0v) is 9.44. The first-order chi connectivity index (χ1) is 9.08. The van der Waals surface area contributed by atoms with Gasteiger partial charge in [-0.05, 0) is 0 Å². The maximum atomic E-state index is 13.8. The highest BCUT2D eigenvalue weighted by Gasteiger charge is 2.28. The molecule has 0 saturated heterocycles. The van der Waals surface area contributed by atoms with Gasteiger partial charge in [-0.2, -0.15) is 0 Å². The third kappa shape index (κ3) is 1.74. The number of benzene rings is 1. The molecule has 0 radical (unpaired) electrons. The number of carbonyl (C=O) groups is 1. The van der Waals surface area contributed by atoms with E-state index in [0.29, 0.717) is 6.42 Å². The summed E-state index contributed by atoms with van der Waals surface area (Å²) in [4.78, 5) is 10.7. The molecule has 0 spiro atoms. The van der Waals surface area contributed by atoms with Crippen LogP contribution in [0.5, 0.6) is 5.75 Å². The van der Waals surface area contributed by atoms with Gasteiger partial charge in [0.15, 0.2) is 11.5 Å². The van der Waals surface area contributed by atoms with Crippen LogP contribution in [0.25, 0.3) is 11.3 Å². The van der Waals surface area contributed by atoms with Crippen molar-refractivity contribution in [2.24, 2.45) is 0 Å². The Labute approximate surface area is 105 Å². The highest BCUT2D eigenvalue weighted by Crippen LogP contribution is 2.40. The van der Waals surface area contributed by atoms with Crippen LogP contribution in [-0.4, -0.2) is 22.8 Å². The highest BCUT2D eigenvalue weighted by atomic mass is 19.1. The van der Waals surface area contributed by atoms with Crippen LogP contribution in [0.15, 0.2) is 16.7 Å². The van der Waals surface area contributed by atoms with E-state index < -0.39 is 17.6 Å². The number of carboxylic acid groups (broad SMARTS) is 1. The molecular weight excluding hydrogens is 260 g/mol. The highest BCUT2D eigenvalue weighted by molar-refractivity contribution is 5.87. The van der Waals surface area contributed by atoms with Crippen molar-refractivity contribution in [1.29, 1.82) is 0 Å². The molecule has 1 aromatic carbocycles. The van der Waals surface area contributed by atoms with E-state index in [-0.39, 0.29) is 34.9 Å². The number of carboxylic acids is 1. The number of aromatic nitrogens is 1. The second-order valence-electron chi connectivity index (χ2n) is 4.00. The molecule has 19 heavy (non-hydrogen) atoms. The first-order valence-corrected chi connectivity index (χ1v) is 5.42. The fraction of sp³-hybridized carbons (Fsp3) is 0.167. The normalized spacial score (nSPS) is 13.2. The summed E-state index contributed by atoms with van der Waals surface area (Å²) in [6.45, 7) is 0.239. The van der Waals surface area contributed by atoms with Crippen molar-refractivity contribution in [2.45, 2.75) is 6.42 Å². The molecule has 0 amide bonds. The van der Waals surface area contributed by atoms with Crippen LogP contribution in [0.4, 0.5) is 8.78 Å². The van der Waals surface area contributed by atoms with Gasteiger partial charge in [-0.3, -0.25) is 0 Å². The average Bonchev–Trinajstić information content (AvgIpc) is 2.97. The minimum absolute atomic E-state index is 0.0468. The van der Waals surface area contributed by atoms with E-state index in [0.717, 1.165) is 12.1 Å². The predicted molar refractivity (Wildman–Crippen MR) is 58.0 cm³/mol. The zero-order valence-electron chi connectivity index (χ0n) is 9.44. The number of rotatable bonds is 2. The van der Waals surface area contributed by atoms with Crippen molar-refractivity contribution in [1.82, 2.24) is 5.16 Å². The number of nitrogens with zero attached hydrogens (tertiary/aromatic N) is 1. The Morgan fingerprint density at radius 1 is 1.32 bits per heavy atom. The molecular formula is C12H7F2NO4. The fourth-order valence-electron chi connectivity index (χ4n) is 2.01. The summed E-state index contributed by atoms with van der Waals surface area (Å²) in [5, 5.41) is 12.0. The summed E-state index contributed by atoms with van der Waals surface area (Å²) in [5.74, 6) is -2.92. The molecule has 0 atom stereocenters. The zero-order chi connectivity index (χ0) is 13.6. The lowest BCUT2D eigenvalue weighted by Crippen LogP contribution is -1.95. The third-order valence-electron chi connectivity index (χ3n) is 2.86. The van der Waals surface area contributed by atoms with Crippen LogP contribution in [-0.2, 0) is 6.42 Å². The van der Waals surface area contributed by atoms with Gasteiger partial charge in [-0.1, -0.05) is 5.16 Å². The molecule has 0 unspecified atom stereocenters. The lowest BCUT2D eigenvalue weighted by Gasteiger charge is -2.06. The molecule has 0 bridgehead atoms. The predicted octanol–water partition coefficient (Wildman–Crippen LogP) is 2.25. The van der Waals surface area contributed by atoms with E-state index in [9.17, 15) is 13.6 Å². The smallest absolute Gasteiger partial charge is 0.358 e. The topological polar surface area (TPSA) is 72.6 Å². The molecule has 1 N–H and O–H groups in total. The molecule has 3 rings (SSSR count). The summed E-state index contributed by atoms with van der Waals surface area (Å²) in [5.41, 5.74) is -0.205. The van der Waals surface area contributed by atoms with Crippen molar-refractivity contribution >= 4 is 5.97 Å². The van der Waals surface area contributed by atoms with Gasteiger partial charge in [0.05, 0.1) is 12.2 Å². The number of ether oxygens (including phenoxy) is 1. The maximum absolute atomic E-state index is 13.8. The molecule has 0 fully saturated rings. The molecule has 0 saturated carbocycles. The van der Waals surface area contributed by atoms with E-state index in [1.54, 1.807) is 0 Å². The van der Waals surface area contributed by atoms with Gasteiger partial charge < -0.3 is 14.4 Å². The van der Waals surface area contributed by atoms with Crippen LogP contribution in [0, 0.1) is 11.6 Å². The summed E-state index contributed by atoms with van der Waals surface area (Å²) in [6, 6.07) is 1.80. The Balaban J connectivity index is 2.19. The summed E-state index contributed by atoms with van der Waals surface area (Å²) in [6.07, 6.45) is 0.328. The first kappa shape index (κ1) is 11.6. The van der Waals surface area contributed by atoms with Crippen molar-refractivity contribution in [3.8, 4) is 17.1 Å². The Hall–Kier alpha value is -2.44. The Kier molecular flexibility index (Phi) is 2.48. The van der Waals surface area contributed by atoms with Crippen molar-refractivity contribution in [3.63, 3.8) is 0 Å². The van der Waals surface area contributed by atoms with Crippen molar-refractivity contribution < 1.29 is 27.9 Å². The standard InChI is InChI=1S/C12H7F2NO4/c13-6-3-7(14)10(11-5(6)1-2-18-11)9-4-8(12(16)17)15-19-9/h3-4H,1-2H2,(H,16,17). The summed E-state index contributed by atoms with van der Waals surface area (Å²) >= 11 is 0. The Morgan fingerprint density at radius 2 is 2.11 bits per heavy atom. The van der Waals surface area contributed by atoms with Gasteiger partial charge in [0, 0.05) is 24.1 Å². The van der Waals surface area contributed by atoms with E-state index in [1.165, 1.54) is 0 Å². The second kappa shape index (κ2) is 4.04. The lowest BCUT2D eigenvalue weighted by atomic mass is 10.0. The van der Waals surface area contributed by atoms with Crippen LogP contribution in [0.2, 0.25) is 0 Å². The quantitative estimate of drug-likeness (QED) is 0.903. The van der Waals surface area contributed by atoms with Gasteiger partial charge in [-0.15, -0.1) is 0 Å².